The van der Waals surface area contributed by atoms with Gasteiger partial charge >= 0.3 is 0 Å². The number of amidine groups is 1. The van der Waals surface area contributed by atoms with Crippen molar-refractivity contribution in [2.45, 2.75) is 32.9 Å². The Morgan fingerprint density at radius 1 is 1.07 bits per heavy atom. The van der Waals surface area contributed by atoms with Gasteiger partial charge in [-0.05, 0) is 39.0 Å². The maximum absolute atomic E-state index is 5.07. The van der Waals surface area contributed by atoms with Crippen molar-refractivity contribution in [2.24, 2.45) is 4.99 Å². The van der Waals surface area contributed by atoms with Gasteiger partial charge in [0.05, 0.1) is 24.1 Å². The van der Waals surface area contributed by atoms with Crippen LogP contribution >= 0.6 is 0 Å². The zero-order chi connectivity index (χ0) is 20.7. The second-order valence-electron chi connectivity index (χ2n) is 7.60. The van der Waals surface area contributed by atoms with E-state index < -0.39 is 0 Å². The van der Waals surface area contributed by atoms with Gasteiger partial charge in [-0.25, -0.2) is 19.9 Å². The first kappa shape index (κ1) is 18.3. The minimum atomic E-state index is -0.0940. The lowest BCUT2D eigenvalue weighted by atomic mass is 9.98. The van der Waals surface area contributed by atoms with Crippen LogP contribution in [0.5, 0.6) is 0 Å². The SMILES string of the molecule is Cc1ccc2c(c1)C(C)N(c1ccccc1)C([C@H](C)Nc1ncnc3nc[nH]c13)=N2. The van der Waals surface area contributed by atoms with Crippen molar-refractivity contribution < 1.29 is 0 Å². The van der Waals surface area contributed by atoms with E-state index in [9.17, 15) is 0 Å². The highest BCUT2D eigenvalue weighted by atomic mass is 15.3. The van der Waals surface area contributed by atoms with Gasteiger partial charge in [0.25, 0.3) is 0 Å². The molecule has 150 valence electrons. The van der Waals surface area contributed by atoms with Crippen LogP contribution in [0.2, 0.25) is 0 Å². The van der Waals surface area contributed by atoms with Crippen LogP contribution in [0.4, 0.5) is 17.2 Å². The molecule has 1 unspecified atom stereocenters. The normalized spacial score (nSPS) is 16.8. The zero-order valence-electron chi connectivity index (χ0n) is 17.2. The summed E-state index contributed by atoms with van der Waals surface area (Å²) in [6, 6.07) is 16.9. The fourth-order valence-electron chi connectivity index (χ4n) is 4.02. The first-order valence-electron chi connectivity index (χ1n) is 10.1. The Balaban J connectivity index is 1.59. The van der Waals surface area contributed by atoms with Crippen molar-refractivity contribution >= 4 is 34.2 Å². The average molecular weight is 397 g/mol. The van der Waals surface area contributed by atoms with Gasteiger partial charge < -0.3 is 15.2 Å². The van der Waals surface area contributed by atoms with Crippen molar-refractivity contribution in [1.29, 1.82) is 0 Å². The largest absolute Gasteiger partial charge is 0.358 e. The lowest BCUT2D eigenvalue weighted by Gasteiger charge is -2.39. The number of rotatable bonds is 4. The molecular weight excluding hydrogens is 374 g/mol. The average Bonchev–Trinajstić information content (AvgIpc) is 3.24. The van der Waals surface area contributed by atoms with Crippen LogP contribution in [-0.4, -0.2) is 31.8 Å². The van der Waals surface area contributed by atoms with Crippen LogP contribution in [0.3, 0.4) is 0 Å². The molecule has 1 aliphatic rings. The first-order valence-corrected chi connectivity index (χ1v) is 10.1. The lowest BCUT2D eigenvalue weighted by molar-refractivity contribution is 0.757. The summed E-state index contributed by atoms with van der Waals surface area (Å²) in [5, 5.41) is 3.51. The molecule has 2 atom stereocenters. The Morgan fingerprint density at radius 3 is 2.73 bits per heavy atom. The number of hydrogen-bond acceptors (Lipinski definition) is 6. The van der Waals surface area contributed by atoms with E-state index in [4.69, 9.17) is 4.99 Å². The molecule has 2 aromatic heterocycles. The topological polar surface area (TPSA) is 82.1 Å². The maximum Gasteiger partial charge on any atom is 0.182 e. The summed E-state index contributed by atoms with van der Waals surface area (Å²) in [6.07, 6.45) is 3.15. The third-order valence-electron chi connectivity index (χ3n) is 5.50. The van der Waals surface area contributed by atoms with Gasteiger partial charge in [-0.3, -0.25) is 0 Å². The molecule has 0 aliphatic carbocycles. The number of aryl methyl sites for hydroxylation is 1. The van der Waals surface area contributed by atoms with E-state index >= 15 is 0 Å². The Kier molecular flexibility index (Phi) is 4.43. The molecular formula is C23H23N7. The smallest absolute Gasteiger partial charge is 0.182 e. The van der Waals surface area contributed by atoms with E-state index in [2.05, 4.69) is 93.4 Å². The van der Waals surface area contributed by atoms with Gasteiger partial charge in [0, 0.05) is 11.3 Å². The molecule has 1 aliphatic heterocycles. The van der Waals surface area contributed by atoms with Gasteiger partial charge in [0.2, 0.25) is 0 Å². The van der Waals surface area contributed by atoms with E-state index in [-0.39, 0.29) is 12.1 Å². The summed E-state index contributed by atoms with van der Waals surface area (Å²) in [6.45, 7) is 6.45. The lowest BCUT2D eigenvalue weighted by Crippen LogP contribution is -2.45. The quantitative estimate of drug-likeness (QED) is 0.518. The monoisotopic (exact) mass is 397 g/mol. The van der Waals surface area contributed by atoms with Crippen LogP contribution in [0, 0.1) is 6.92 Å². The van der Waals surface area contributed by atoms with E-state index in [0.717, 1.165) is 22.7 Å². The summed E-state index contributed by atoms with van der Waals surface area (Å²) >= 11 is 0. The predicted octanol–water partition coefficient (Wildman–Crippen LogP) is 4.77. The first-order chi connectivity index (χ1) is 14.6. The number of imidazole rings is 1. The van der Waals surface area contributed by atoms with E-state index in [1.807, 2.05) is 6.07 Å². The molecule has 5 rings (SSSR count). The summed E-state index contributed by atoms with van der Waals surface area (Å²) in [5.41, 5.74) is 6.02. The second kappa shape index (κ2) is 7.26. The van der Waals surface area contributed by atoms with Gasteiger partial charge in [-0.1, -0.05) is 35.9 Å². The number of benzene rings is 2. The third kappa shape index (κ3) is 3.08. The maximum atomic E-state index is 5.07. The van der Waals surface area contributed by atoms with E-state index in [1.54, 1.807) is 6.33 Å². The third-order valence-corrected chi connectivity index (χ3v) is 5.50. The molecule has 0 bridgehead atoms. The number of aliphatic imine (C=N–C) groups is 1. The molecule has 7 nitrogen and oxygen atoms in total. The fraction of sp³-hybridized carbons (Fsp3) is 0.217. The van der Waals surface area contributed by atoms with Crippen molar-refractivity contribution in [1.82, 2.24) is 19.9 Å². The van der Waals surface area contributed by atoms with Crippen LogP contribution < -0.4 is 10.2 Å². The second-order valence-corrected chi connectivity index (χ2v) is 7.60. The van der Waals surface area contributed by atoms with Crippen LogP contribution in [0.15, 0.2) is 66.2 Å². The molecule has 0 fully saturated rings. The highest BCUT2D eigenvalue weighted by Crippen LogP contribution is 2.39. The molecule has 30 heavy (non-hydrogen) atoms. The Bertz CT molecular complexity index is 1230. The highest BCUT2D eigenvalue weighted by molar-refractivity contribution is 6.06. The van der Waals surface area contributed by atoms with Crippen LogP contribution in [0.25, 0.3) is 11.2 Å². The Morgan fingerprint density at radius 2 is 1.90 bits per heavy atom. The number of hydrogen-bond donors (Lipinski definition) is 2. The molecule has 0 saturated carbocycles. The zero-order valence-corrected chi connectivity index (χ0v) is 17.2. The number of H-pyrrole nitrogens is 1. The minimum Gasteiger partial charge on any atom is -0.358 e. The molecule has 0 spiro atoms. The summed E-state index contributed by atoms with van der Waals surface area (Å²) in [7, 11) is 0. The van der Waals surface area contributed by atoms with Gasteiger partial charge in [-0.15, -0.1) is 0 Å². The number of nitrogens with zero attached hydrogens (tertiary/aromatic N) is 5. The Hall–Kier alpha value is -3.74. The molecule has 4 aromatic rings. The molecule has 0 amide bonds. The molecule has 7 heteroatoms. The minimum absolute atomic E-state index is 0.0940. The van der Waals surface area contributed by atoms with Crippen molar-refractivity contribution in [2.75, 3.05) is 10.2 Å². The van der Waals surface area contributed by atoms with Crippen LogP contribution in [0.1, 0.15) is 31.0 Å². The summed E-state index contributed by atoms with van der Waals surface area (Å²) < 4.78 is 0. The number of fused-ring (bicyclic) bond motifs is 2. The van der Waals surface area contributed by atoms with Gasteiger partial charge in [-0.2, -0.15) is 0 Å². The van der Waals surface area contributed by atoms with Crippen molar-refractivity contribution in [3.05, 3.63) is 72.3 Å². The predicted molar refractivity (Wildman–Crippen MR) is 120 cm³/mol. The van der Waals surface area contributed by atoms with Crippen LogP contribution in [-0.2, 0) is 0 Å². The fourth-order valence-corrected chi connectivity index (χ4v) is 4.02. The summed E-state index contributed by atoms with van der Waals surface area (Å²) in [4.78, 5) is 23.3. The van der Waals surface area contributed by atoms with Gasteiger partial charge in [0.15, 0.2) is 11.5 Å². The van der Waals surface area contributed by atoms with Crippen molar-refractivity contribution in [3.63, 3.8) is 0 Å². The standard InChI is InChI=1S/C23H23N7/c1-14-9-10-19-18(11-14)16(3)30(17-7-5-4-6-8-17)23(29-19)15(2)28-22-20-21(25-12-24-20)26-13-27-22/h4-13,15-16H,1-3H3,(H2,24,25,26,27,28)/t15-,16?/m0/s1. The van der Waals surface area contributed by atoms with E-state index in [1.165, 1.54) is 17.5 Å². The number of aromatic amines is 1. The molecule has 0 saturated heterocycles. The molecule has 3 heterocycles. The number of nitrogens with one attached hydrogen (secondary N) is 2. The van der Waals surface area contributed by atoms with Crippen molar-refractivity contribution in [3.8, 4) is 0 Å². The number of para-hydroxylation sites is 1. The van der Waals surface area contributed by atoms with E-state index in [0.29, 0.717) is 11.5 Å². The molecule has 0 radical (unpaired) electrons. The van der Waals surface area contributed by atoms with Gasteiger partial charge in [0.1, 0.15) is 17.7 Å². The molecule has 2 aromatic carbocycles. The summed E-state index contributed by atoms with van der Waals surface area (Å²) in [5.74, 6) is 1.65. The number of aromatic nitrogens is 4. The highest BCUT2D eigenvalue weighted by Gasteiger charge is 2.31. The Labute approximate surface area is 174 Å². The molecule has 2 N–H and O–H groups in total. The number of anilines is 2.